The third kappa shape index (κ3) is 6.51. The Hall–Kier alpha value is -2.08. The summed E-state index contributed by atoms with van der Waals surface area (Å²) in [5.74, 6) is 0.0824. The van der Waals surface area contributed by atoms with E-state index >= 15 is 0 Å². The van der Waals surface area contributed by atoms with E-state index in [1.165, 1.54) is 5.56 Å². The molecule has 1 heterocycles. The molecule has 3 rings (SSSR count). The number of rotatable bonds is 9. The summed E-state index contributed by atoms with van der Waals surface area (Å²) in [6.07, 6.45) is 2.03. The van der Waals surface area contributed by atoms with Crippen molar-refractivity contribution in [1.29, 1.82) is 0 Å². The van der Waals surface area contributed by atoms with Crippen molar-refractivity contribution in [3.8, 4) is 5.75 Å². The van der Waals surface area contributed by atoms with Crippen LogP contribution < -0.4 is 4.74 Å². The summed E-state index contributed by atoms with van der Waals surface area (Å²) in [7, 11) is 0. The number of benzene rings is 2. The second-order valence-corrected chi connectivity index (χ2v) is 7.39. The molecule has 1 aliphatic rings. The number of ether oxygens (including phenoxy) is 2. The molecule has 1 saturated heterocycles. The molecule has 0 spiro atoms. The molecule has 0 aliphatic carbocycles. The van der Waals surface area contributed by atoms with E-state index in [-0.39, 0.29) is 12.5 Å². The molecule has 2 aromatic rings. The van der Waals surface area contributed by atoms with E-state index in [9.17, 15) is 4.79 Å². The molecule has 1 N–H and O–H groups in total. The summed E-state index contributed by atoms with van der Waals surface area (Å²) in [6, 6.07) is 15.9. The molecule has 0 bridgehead atoms. The van der Waals surface area contributed by atoms with Gasteiger partial charge in [0.05, 0.1) is 25.7 Å². The Morgan fingerprint density at radius 1 is 1.18 bits per heavy atom. The minimum atomic E-state index is -0.763. The average Bonchev–Trinajstić information content (AvgIpc) is 2.72. The van der Waals surface area contributed by atoms with Crippen LogP contribution in [0.5, 0.6) is 5.75 Å². The Labute approximate surface area is 170 Å². The van der Waals surface area contributed by atoms with Crippen LogP contribution in [-0.4, -0.2) is 48.8 Å². The molecule has 0 amide bonds. The number of carboxylic acids is 1. The molecule has 150 valence electrons. The van der Waals surface area contributed by atoms with E-state index in [1.54, 1.807) is 0 Å². The van der Waals surface area contributed by atoms with Crippen LogP contribution in [0.2, 0.25) is 5.02 Å². The Morgan fingerprint density at radius 2 is 1.93 bits per heavy atom. The first kappa shape index (κ1) is 20.6. The van der Waals surface area contributed by atoms with Crippen molar-refractivity contribution in [1.82, 2.24) is 4.90 Å². The molecular weight excluding hydrogens is 378 g/mol. The zero-order valence-corrected chi connectivity index (χ0v) is 16.6. The lowest BCUT2D eigenvalue weighted by Crippen LogP contribution is -2.39. The van der Waals surface area contributed by atoms with E-state index in [0.29, 0.717) is 26.3 Å². The first-order valence-corrected chi connectivity index (χ1v) is 10.0. The molecule has 0 aromatic heterocycles. The van der Waals surface area contributed by atoms with Gasteiger partial charge in [0.2, 0.25) is 0 Å². The summed E-state index contributed by atoms with van der Waals surface area (Å²) in [5.41, 5.74) is 2.35. The molecule has 5 nitrogen and oxygen atoms in total. The quantitative estimate of drug-likeness (QED) is 0.636. The highest BCUT2D eigenvalue weighted by Gasteiger charge is 2.22. The van der Waals surface area contributed by atoms with Crippen LogP contribution >= 0.6 is 11.6 Å². The van der Waals surface area contributed by atoms with Crippen LogP contribution in [0.4, 0.5) is 0 Å². The topological polar surface area (TPSA) is 59.0 Å². The lowest BCUT2D eigenvalue weighted by molar-refractivity contribution is -0.137. The van der Waals surface area contributed by atoms with Crippen LogP contribution in [0.3, 0.4) is 0 Å². The summed E-state index contributed by atoms with van der Waals surface area (Å²) >= 11 is 5.90. The van der Waals surface area contributed by atoms with Crippen molar-refractivity contribution in [2.45, 2.75) is 25.4 Å². The first-order chi connectivity index (χ1) is 13.6. The van der Waals surface area contributed by atoms with Gasteiger partial charge in [-0.05, 0) is 48.2 Å². The van der Waals surface area contributed by atoms with E-state index in [4.69, 9.17) is 26.2 Å². The highest BCUT2D eigenvalue weighted by Crippen LogP contribution is 2.24. The number of hydrogen-bond acceptors (Lipinski definition) is 4. The zero-order valence-electron chi connectivity index (χ0n) is 15.9. The van der Waals surface area contributed by atoms with Crippen LogP contribution in [0.1, 0.15) is 30.1 Å². The maximum atomic E-state index is 10.8. The fourth-order valence-corrected chi connectivity index (χ4v) is 3.38. The summed E-state index contributed by atoms with van der Waals surface area (Å²) in [4.78, 5) is 12.9. The monoisotopic (exact) mass is 403 g/mol. The fraction of sp³-hybridized carbons (Fsp3) is 0.409. The third-order valence-electron chi connectivity index (χ3n) is 4.84. The van der Waals surface area contributed by atoms with E-state index in [0.717, 1.165) is 35.7 Å². The van der Waals surface area contributed by atoms with Gasteiger partial charge in [0, 0.05) is 24.7 Å². The molecule has 6 heteroatoms. The molecule has 1 aliphatic heterocycles. The van der Waals surface area contributed by atoms with Crippen molar-refractivity contribution in [2.24, 2.45) is 0 Å². The number of aliphatic carboxylic acids is 1. The molecule has 1 fully saturated rings. The van der Waals surface area contributed by atoms with Gasteiger partial charge in [0.15, 0.2) is 0 Å². The minimum Gasteiger partial charge on any atom is -0.494 e. The van der Waals surface area contributed by atoms with Crippen molar-refractivity contribution >= 4 is 17.6 Å². The number of halogens is 1. The van der Waals surface area contributed by atoms with Crippen molar-refractivity contribution < 1.29 is 19.4 Å². The van der Waals surface area contributed by atoms with Crippen LogP contribution in [0, 0.1) is 0 Å². The first-order valence-electron chi connectivity index (χ1n) is 9.63. The van der Waals surface area contributed by atoms with Gasteiger partial charge in [-0.3, -0.25) is 9.69 Å². The molecule has 1 atom stereocenters. The SMILES string of the molecule is O=C(O)CCN1CCOC(c2ccc(OCCCc3ccc(Cl)cc3)cc2)C1. The molecule has 0 radical (unpaired) electrons. The van der Waals surface area contributed by atoms with Gasteiger partial charge < -0.3 is 14.6 Å². The fourth-order valence-electron chi connectivity index (χ4n) is 3.26. The molecule has 28 heavy (non-hydrogen) atoms. The van der Waals surface area contributed by atoms with Crippen LogP contribution in [0.25, 0.3) is 0 Å². The predicted molar refractivity (Wildman–Crippen MR) is 109 cm³/mol. The number of morpholine rings is 1. The van der Waals surface area contributed by atoms with Gasteiger partial charge in [0.1, 0.15) is 5.75 Å². The standard InChI is InChI=1S/C22H26ClNO4/c23-19-7-3-17(4-8-19)2-1-14-27-20-9-5-18(6-10-20)21-16-24(13-15-28-21)12-11-22(25)26/h3-10,21H,1-2,11-16H2,(H,25,26). The Morgan fingerprint density at radius 3 is 2.64 bits per heavy atom. The number of carboxylic acid groups (broad SMARTS) is 1. The normalized spacial score (nSPS) is 17.4. The van der Waals surface area contributed by atoms with Crippen molar-refractivity contribution in [2.75, 3.05) is 32.8 Å². The predicted octanol–water partition coefficient (Wildman–Crippen LogP) is 4.20. The average molecular weight is 404 g/mol. The number of nitrogens with zero attached hydrogens (tertiary/aromatic N) is 1. The summed E-state index contributed by atoms with van der Waals surface area (Å²) in [5, 5.41) is 9.60. The highest BCUT2D eigenvalue weighted by molar-refractivity contribution is 6.30. The Bertz CT molecular complexity index is 748. The van der Waals surface area contributed by atoms with Gasteiger partial charge in [-0.1, -0.05) is 35.9 Å². The van der Waals surface area contributed by atoms with Gasteiger partial charge in [0.25, 0.3) is 0 Å². The van der Waals surface area contributed by atoms with Crippen LogP contribution in [0.15, 0.2) is 48.5 Å². The number of aryl methyl sites for hydroxylation is 1. The summed E-state index contributed by atoms with van der Waals surface area (Å²) < 4.78 is 11.7. The van der Waals surface area contributed by atoms with Gasteiger partial charge in [-0.2, -0.15) is 0 Å². The van der Waals surface area contributed by atoms with Crippen LogP contribution in [-0.2, 0) is 16.0 Å². The second kappa shape index (κ2) is 10.5. The maximum Gasteiger partial charge on any atom is 0.304 e. The second-order valence-electron chi connectivity index (χ2n) is 6.95. The van der Waals surface area contributed by atoms with Gasteiger partial charge >= 0.3 is 5.97 Å². The smallest absolute Gasteiger partial charge is 0.304 e. The number of hydrogen-bond donors (Lipinski definition) is 1. The maximum absolute atomic E-state index is 10.8. The largest absolute Gasteiger partial charge is 0.494 e. The minimum absolute atomic E-state index is 0.0264. The Kier molecular flexibility index (Phi) is 7.71. The molecular formula is C22H26ClNO4. The lowest BCUT2D eigenvalue weighted by atomic mass is 10.1. The van der Waals surface area contributed by atoms with Crippen molar-refractivity contribution in [3.63, 3.8) is 0 Å². The Balaban J connectivity index is 1.42. The molecule has 2 aromatic carbocycles. The highest BCUT2D eigenvalue weighted by atomic mass is 35.5. The van der Waals surface area contributed by atoms with Crippen molar-refractivity contribution in [3.05, 3.63) is 64.7 Å². The lowest BCUT2D eigenvalue weighted by Gasteiger charge is -2.32. The van der Waals surface area contributed by atoms with Gasteiger partial charge in [-0.25, -0.2) is 0 Å². The van der Waals surface area contributed by atoms with E-state index < -0.39 is 5.97 Å². The van der Waals surface area contributed by atoms with Gasteiger partial charge in [-0.15, -0.1) is 0 Å². The van der Waals surface area contributed by atoms with E-state index in [1.807, 2.05) is 48.5 Å². The third-order valence-corrected chi connectivity index (χ3v) is 5.09. The number of carbonyl (C=O) groups is 1. The van der Waals surface area contributed by atoms with E-state index in [2.05, 4.69) is 4.90 Å². The zero-order chi connectivity index (χ0) is 19.8. The summed E-state index contributed by atoms with van der Waals surface area (Å²) in [6.45, 7) is 3.33. The molecule has 0 saturated carbocycles. The molecule has 1 unspecified atom stereocenters.